The smallest absolute Gasteiger partial charge is 0.311 e. The molecule has 4 heteroatoms. The van der Waals surface area contributed by atoms with Gasteiger partial charge in [-0.2, -0.15) is 0 Å². The third-order valence-electron chi connectivity index (χ3n) is 5.10. The first-order valence-corrected chi connectivity index (χ1v) is 8.09. The van der Waals surface area contributed by atoms with Crippen LogP contribution in [0, 0.1) is 5.92 Å². The summed E-state index contributed by atoms with van der Waals surface area (Å²) in [4.78, 5) is 27.6. The maximum atomic E-state index is 12.6. The van der Waals surface area contributed by atoms with Crippen molar-refractivity contribution in [2.45, 2.75) is 44.4 Å². The summed E-state index contributed by atoms with van der Waals surface area (Å²) in [7, 11) is 0. The van der Waals surface area contributed by atoms with E-state index >= 15 is 0 Å². The Hall–Kier alpha value is -2.10. The number of para-hydroxylation sites is 1. The highest BCUT2D eigenvalue weighted by Gasteiger charge is 2.36. The van der Waals surface area contributed by atoms with Crippen LogP contribution in [0.3, 0.4) is 0 Å². The highest BCUT2D eigenvalue weighted by molar-refractivity contribution is 5.90. The zero-order valence-corrected chi connectivity index (χ0v) is 12.4. The lowest BCUT2D eigenvalue weighted by Gasteiger charge is -2.33. The fourth-order valence-electron chi connectivity index (χ4n) is 4.05. The zero-order chi connectivity index (χ0) is 15.1. The molecule has 1 aromatic heterocycles. The molecule has 2 heterocycles. The number of ether oxygens (including phenoxy) is 1. The predicted octanol–water partition coefficient (Wildman–Crippen LogP) is 3.50. The van der Waals surface area contributed by atoms with Crippen LogP contribution < -0.4 is 10.3 Å². The van der Waals surface area contributed by atoms with Crippen LogP contribution in [-0.4, -0.2) is 11.0 Å². The van der Waals surface area contributed by atoms with Gasteiger partial charge in [-0.1, -0.05) is 31.4 Å². The molecule has 0 unspecified atom stereocenters. The molecular formula is C18H19NO3. The molecule has 2 aliphatic rings. The number of carbonyl (C=O) groups excluding carboxylic acids is 1. The van der Waals surface area contributed by atoms with E-state index in [1.54, 1.807) is 0 Å². The maximum absolute atomic E-state index is 12.6. The van der Waals surface area contributed by atoms with E-state index in [1.807, 2.05) is 24.3 Å². The summed E-state index contributed by atoms with van der Waals surface area (Å²) in [6, 6.07) is 7.52. The van der Waals surface area contributed by atoms with Gasteiger partial charge in [0.05, 0.1) is 17.5 Å². The van der Waals surface area contributed by atoms with Crippen molar-refractivity contribution < 1.29 is 9.53 Å². The van der Waals surface area contributed by atoms with Gasteiger partial charge in [0.15, 0.2) is 0 Å². The Balaban J connectivity index is 1.91. The normalized spacial score (nSPS) is 22.4. The topological polar surface area (TPSA) is 59.2 Å². The molecule has 114 valence electrons. The molecule has 1 atom stereocenters. The number of aromatic nitrogens is 1. The van der Waals surface area contributed by atoms with E-state index in [1.165, 1.54) is 19.3 Å². The predicted molar refractivity (Wildman–Crippen MR) is 84.1 cm³/mol. The average molecular weight is 297 g/mol. The molecule has 2 aromatic rings. The Morgan fingerprint density at radius 2 is 1.82 bits per heavy atom. The highest BCUT2D eigenvalue weighted by Crippen LogP contribution is 2.44. The quantitative estimate of drug-likeness (QED) is 0.820. The Kier molecular flexibility index (Phi) is 3.25. The molecule has 1 aliphatic heterocycles. The molecule has 4 rings (SSSR count). The van der Waals surface area contributed by atoms with Crippen LogP contribution in [0.1, 0.15) is 50.0 Å². The number of aromatic amines is 1. The summed E-state index contributed by atoms with van der Waals surface area (Å²) >= 11 is 0. The van der Waals surface area contributed by atoms with E-state index in [0.29, 0.717) is 23.7 Å². The van der Waals surface area contributed by atoms with E-state index in [-0.39, 0.29) is 17.4 Å². The molecule has 1 fully saturated rings. The fraction of sp³-hybridized carbons (Fsp3) is 0.444. The number of fused-ring (bicyclic) bond motifs is 3. The van der Waals surface area contributed by atoms with Gasteiger partial charge in [-0.05, 0) is 30.9 Å². The number of nitrogens with one attached hydrogen (secondary N) is 1. The number of H-pyrrole nitrogens is 1. The molecule has 0 saturated heterocycles. The number of pyridine rings is 1. The van der Waals surface area contributed by atoms with Gasteiger partial charge in [-0.3, -0.25) is 9.59 Å². The summed E-state index contributed by atoms with van der Waals surface area (Å²) in [5.41, 5.74) is 1.31. The monoisotopic (exact) mass is 297 g/mol. The first-order chi connectivity index (χ1) is 10.7. The first-order valence-electron chi connectivity index (χ1n) is 8.09. The van der Waals surface area contributed by atoms with Crippen molar-refractivity contribution in [3.05, 3.63) is 40.2 Å². The lowest BCUT2D eigenvalue weighted by molar-refractivity contribution is -0.136. The number of esters is 1. The van der Waals surface area contributed by atoms with E-state index in [4.69, 9.17) is 4.74 Å². The van der Waals surface area contributed by atoms with Crippen LogP contribution in [0.15, 0.2) is 29.1 Å². The van der Waals surface area contributed by atoms with Crippen LogP contribution in [0.5, 0.6) is 5.75 Å². The highest BCUT2D eigenvalue weighted by atomic mass is 16.5. The van der Waals surface area contributed by atoms with Crippen LogP contribution in [0.2, 0.25) is 0 Å². The summed E-state index contributed by atoms with van der Waals surface area (Å²) in [5.74, 6) is 0.706. The molecule has 0 spiro atoms. The van der Waals surface area contributed by atoms with Gasteiger partial charge in [0.25, 0.3) is 5.56 Å². The van der Waals surface area contributed by atoms with Gasteiger partial charge in [0, 0.05) is 11.3 Å². The number of hydrogen-bond acceptors (Lipinski definition) is 3. The Labute approximate surface area is 128 Å². The van der Waals surface area contributed by atoms with E-state index in [0.717, 1.165) is 23.7 Å². The molecule has 1 N–H and O–H groups in total. The molecule has 4 nitrogen and oxygen atoms in total. The Morgan fingerprint density at radius 3 is 2.64 bits per heavy atom. The number of benzene rings is 1. The summed E-state index contributed by atoms with van der Waals surface area (Å²) in [6.07, 6.45) is 6.18. The first kappa shape index (κ1) is 13.6. The minimum absolute atomic E-state index is 0.00454. The lowest BCUT2D eigenvalue weighted by Crippen LogP contribution is -2.32. The lowest BCUT2D eigenvalue weighted by atomic mass is 9.74. The summed E-state index contributed by atoms with van der Waals surface area (Å²) in [5, 5.41) is 0.825. The van der Waals surface area contributed by atoms with Gasteiger partial charge in [-0.15, -0.1) is 0 Å². The summed E-state index contributed by atoms with van der Waals surface area (Å²) < 4.78 is 5.49. The van der Waals surface area contributed by atoms with Crippen molar-refractivity contribution in [1.82, 2.24) is 4.98 Å². The average Bonchev–Trinajstić information content (AvgIpc) is 2.55. The Bertz CT molecular complexity index is 787. The fourth-order valence-corrected chi connectivity index (χ4v) is 4.05. The minimum Gasteiger partial charge on any atom is -0.425 e. The van der Waals surface area contributed by atoms with Gasteiger partial charge in [-0.25, -0.2) is 0 Å². The Morgan fingerprint density at radius 1 is 1.05 bits per heavy atom. The van der Waals surface area contributed by atoms with Crippen molar-refractivity contribution in [2.24, 2.45) is 5.92 Å². The van der Waals surface area contributed by atoms with Crippen LogP contribution >= 0.6 is 0 Å². The second-order valence-corrected chi connectivity index (χ2v) is 6.43. The molecule has 0 radical (unpaired) electrons. The van der Waals surface area contributed by atoms with Gasteiger partial charge < -0.3 is 9.72 Å². The molecule has 1 saturated carbocycles. The largest absolute Gasteiger partial charge is 0.425 e. The number of carbonyl (C=O) groups is 1. The van der Waals surface area contributed by atoms with Gasteiger partial charge in [0.1, 0.15) is 5.75 Å². The molecule has 1 aliphatic carbocycles. The molecule has 1 aromatic carbocycles. The van der Waals surface area contributed by atoms with E-state index in [9.17, 15) is 9.59 Å². The van der Waals surface area contributed by atoms with E-state index < -0.39 is 0 Å². The van der Waals surface area contributed by atoms with Crippen molar-refractivity contribution in [2.75, 3.05) is 0 Å². The van der Waals surface area contributed by atoms with Gasteiger partial charge in [0.2, 0.25) is 0 Å². The second kappa shape index (κ2) is 5.27. The minimum atomic E-state index is -0.209. The number of hydrogen-bond donors (Lipinski definition) is 1. The van der Waals surface area contributed by atoms with Crippen molar-refractivity contribution in [3.8, 4) is 5.75 Å². The van der Waals surface area contributed by atoms with Gasteiger partial charge >= 0.3 is 5.97 Å². The third kappa shape index (κ3) is 2.14. The van der Waals surface area contributed by atoms with Crippen molar-refractivity contribution >= 4 is 16.9 Å². The maximum Gasteiger partial charge on any atom is 0.311 e. The van der Waals surface area contributed by atoms with Crippen molar-refractivity contribution in [1.29, 1.82) is 0 Å². The number of rotatable bonds is 1. The van der Waals surface area contributed by atoms with Crippen LogP contribution in [-0.2, 0) is 4.79 Å². The second-order valence-electron chi connectivity index (χ2n) is 6.43. The van der Waals surface area contributed by atoms with Crippen LogP contribution in [0.4, 0.5) is 0 Å². The van der Waals surface area contributed by atoms with E-state index in [2.05, 4.69) is 4.98 Å². The zero-order valence-electron chi connectivity index (χ0n) is 12.4. The third-order valence-corrected chi connectivity index (χ3v) is 5.10. The molecule has 22 heavy (non-hydrogen) atoms. The van der Waals surface area contributed by atoms with Crippen molar-refractivity contribution in [3.63, 3.8) is 0 Å². The standard InChI is InChI=1S/C18H19NO3/c20-15-10-13(11-6-2-1-3-7-11)16-17(22-15)12-8-4-5-9-14(12)19-18(16)21/h4-5,8-9,11,13H,1-3,6-7,10H2,(H,19,21)/t13-/m1/s1. The molecule has 0 bridgehead atoms. The van der Waals surface area contributed by atoms with Crippen LogP contribution in [0.25, 0.3) is 10.9 Å². The molecular weight excluding hydrogens is 278 g/mol. The summed E-state index contributed by atoms with van der Waals surface area (Å²) in [6.45, 7) is 0. The molecule has 0 amide bonds. The SMILES string of the molecule is O=C1C[C@H](C2CCCCC2)c2c(c3ccccc3[nH]c2=O)O1.